The van der Waals surface area contributed by atoms with Gasteiger partial charge in [0.1, 0.15) is 5.69 Å². The number of nitrogens with one attached hydrogen (secondary N) is 1. The van der Waals surface area contributed by atoms with Crippen molar-refractivity contribution < 1.29 is 14.3 Å². The summed E-state index contributed by atoms with van der Waals surface area (Å²) in [5, 5.41) is 2.61. The van der Waals surface area contributed by atoms with E-state index in [-0.39, 0.29) is 17.6 Å². The molecular formula is C22H24N2O3. The van der Waals surface area contributed by atoms with Gasteiger partial charge in [-0.25, -0.2) is 4.98 Å². The third kappa shape index (κ3) is 3.52. The maximum atomic E-state index is 12.9. The molecule has 1 aromatic carbocycles. The largest absolute Gasteiger partial charge is 0.381 e. The van der Waals surface area contributed by atoms with Crippen molar-refractivity contribution in [2.75, 3.05) is 20.3 Å². The van der Waals surface area contributed by atoms with Crippen molar-refractivity contribution >= 4 is 11.7 Å². The Hall–Kier alpha value is -2.53. The lowest BCUT2D eigenvalue weighted by Crippen LogP contribution is -2.21. The number of ether oxygens (including phenoxy) is 1. The van der Waals surface area contributed by atoms with Crippen molar-refractivity contribution in [2.45, 2.75) is 19.3 Å². The number of ketones is 1. The van der Waals surface area contributed by atoms with Crippen LogP contribution in [0.4, 0.5) is 0 Å². The van der Waals surface area contributed by atoms with Crippen LogP contribution in [0, 0.1) is 17.8 Å². The molecule has 0 bridgehead atoms. The van der Waals surface area contributed by atoms with Crippen LogP contribution in [0.2, 0.25) is 0 Å². The van der Waals surface area contributed by atoms with Crippen molar-refractivity contribution in [2.24, 2.45) is 17.8 Å². The normalized spacial score (nSPS) is 24.1. The summed E-state index contributed by atoms with van der Waals surface area (Å²) in [6.45, 7) is 3.60. The van der Waals surface area contributed by atoms with Crippen LogP contribution in [0.1, 0.15) is 51.4 Å². The molecule has 1 saturated heterocycles. The highest BCUT2D eigenvalue weighted by atomic mass is 16.5. The average Bonchev–Trinajstić information content (AvgIpc) is 3.13. The molecule has 5 nitrogen and oxygen atoms in total. The van der Waals surface area contributed by atoms with Crippen molar-refractivity contribution in [3.05, 3.63) is 65.0 Å². The van der Waals surface area contributed by atoms with E-state index in [1.165, 1.54) is 0 Å². The maximum absolute atomic E-state index is 12.9. The molecule has 0 radical (unpaired) electrons. The van der Waals surface area contributed by atoms with E-state index >= 15 is 0 Å². The van der Waals surface area contributed by atoms with Gasteiger partial charge in [-0.3, -0.25) is 9.59 Å². The van der Waals surface area contributed by atoms with E-state index in [0.717, 1.165) is 24.5 Å². The highest BCUT2D eigenvalue weighted by molar-refractivity contribution is 6.00. The molecule has 4 rings (SSSR count). The number of rotatable bonds is 6. The fourth-order valence-corrected chi connectivity index (χ4v) is 4.09. The number of carbonyl (C=O) groups is 2. The molecule has 2 heterocycles. The summed E-state index contributed by atoms with van der Waals surface area (Å²) in [6.07, 6.45) is 0.523. The van der Waals surface area contributed by atoms with Crippen LogP contribution in [0.25, 0.3) is 0 Å². The summed E-state index contributed by atoms with van der Waals surface area (Å²) in [6, 6.07) is 13.5. The first-order chi connectivity index (χ1) is 13.1. The molecule has 140 valence electrons. The smallest absolute Gasteiger partial charge is 0.269 e. The van der Waals surface area contributed by atoms with E-state index < -0.39 is 0 Å². The third-order valence-corrected chi connectivity index (χ3v) is 5.92. The van der Waals surface area contributed by atoms with Crippen molar-refractivity contribution in [1.29, 1.82) is 0 Å². The molecule has 4 atom stereocenters. The van der Waals surface area contributed by atoms with Crippen molar-refractivity contribution in [3.63, 3.8) is 0 Å². The number of pyridine rings is 1. The van der Waals surface area contributed by atoms with Crippen LogP contribution < -0.4 is 5.32 Å². The van der Waals surface area contributed by atoms with E-state index in [4.69, 9.17) is 4.74 Å². The number of hydrogen-bond donors (Lipinski definition) is 1. The minimum atomic E-state index is -0.275. The van der Waals surface area contributed by atoms with Gasteiger partial charge in [0.15, 0.2) is 5.78 Å². The van der Waals surface area contributed by atoms with E-state index in [1.807, 2.05) is 43.3 Å². The number of aromatic nitrogens is 1. The number of nitrogens with zero attached hydrogens (tertiary/aromatic N) is 1. The Morgan fingerprint density at radius 1 is 1.19 bits per heavy atom. The molecule has 0 spiro atoms. The van der Waals surface area contributed by atoms with E-state index in [2.05, 4.69) is 10.3 Å². The van der Waals surface area contributed by atoms with E-state index in [1.54, 1.807) is 13.1 Å². The van der Waals surface area contributed by atoms with E-state index in [9.17, 15) is 9.59 Å². The Labute approximate surface area is 159 Å². The fraction of sp³-hybridized carbons (Fsp3) is 0.409. The first kappa shape index (κ1) is 17.9. The predicted octanol–water partition coefficient (Wildman–Crippen LogP) is 3.06. The Morgan fingerprint density at radius 3 is 2.56 bits per heavy atom. The van der Waals surface area contributed by atoms with Gasteiger partial charge in [-0.15, -0.1) is 0 Å². The molecule has 2 fully saturated rings. The topological polar surface area (TPSA) is 68.3 Å². The van der Waals surface area contributed by atoms with Gasteiger partial charge in [0.25, 0.3) is 5.91 Å². The fourth-order valence-electron chi connectivity index (χ4n) is 4.09. The van der Waals surface area contributed by atoms with Gasteiger partial charge >= 0.3 is 0 Å². The molecule has 5 heteroatoms. The zero-order valence-electron chi connectivity index (χ0n) is 15.6. The molecule has 1 aromatic heterocycles. The van der Waals surface area contributed by atoms with Crippen LogP contribution in [-0.2, 0) is 4.74 Å². The SMILES string of the molecule is CNC(=O)c1cc(C(=O)CC2[C@H]3COC[C@@H]23)cc([C@@H](C)c2ccccc2)n1. The Kier molecular flexibility index (Phi) is 4.79. The number of amides is 1. The lowest BCUT2D eigenvalue weighted by atomic mass is 9.94. The van der Waals surface area contributed by atoms with E-state index in [0.29, 0.717) is 35.4 Å². The van der Waals surface area contributed by atoms with Crippen LogP contribution in [0.3, 0.4) is 0 Å². The Bertz CT molecular complexity index is 855. The molecule has 1 N–H and O–H groups in total. The van der Waals surface area contributed by atoms with Gasteiger partial charge in [0, 0.05) is 30.6 Å². The van der Waals surface area contributed by atoms with Crippen molar-refractivity contribution in [1.82, 2.24) is 10.3 Å². The summed E-state index contributed by atoms with van der Waals surface area (Å²) < 4.78 is 5.41. The number of Topliss-reactive ketones (excluding diaryl/α,β-unsaturated/α-hetero) is 1. The zero-order valence-corrected chi connectivity index (χ0v) is 15.6. The molecule has 27 heavy (non-hydrogen) atoms. The third-order valence-electron chi connectivity index (χ3n) is 5.92. The molecule has 1 saturated carbocycles. The highest BCUT2D eigenvalue weighted by Crippen LogP contribution is 2.52. The zero-order chi connectivity index (χ0) is 19.0. The van der Waals surface area contributed by atoms with Crippen LogP contribution in [0.15, 0.2) is 42.5 Å². The van der Waals surface area contributed by atoms with Gasteiger partial charge in [-0.1, -0.05) is 37.3 Å². The summed E-state index contributed by atoms with van der Waals surface area (Å²) in [5.41, 5.74) is 2.71. The number of carbonyl (C=O) groups excluding carboxylic acids is 2. The first-order valence-corrected chi connectivity index (χ1v) is 9.48. The summed E-state index contributed by atoms with van der Waals surface area (Å²) in [4.78, 5) is 29.6. The summed E-state index contributed by atoms with van der Waals surface area (Å²) >= 11 is 0. The van der Waals surface area contributed by atoms with Crippen LogP contribution in [0.5, 0.6) is 0 Å². The van der Waals surface area contributed by atoms with Gasteiger partial charge in [0.2, 0.25) is 0 Å². The molecular weight excluding hydrogens is 340 g/mol. The molecule has 1 aliphatic carbocycles. The number of benzene rings is 1. The second-order valence-electron chi connectivity index (χ2n) is 7.53. The van der Waals surface area contributed by atoms with Gasteiger partial charge in [-0.2, -0.15) is 0 Å². The quantitative estimate of drug-likeness (QED) is 0.800. The van der Waals surface area contributed by atoms with Crippen LogP contribution >= 0.6 is 0 Å². The average molecular weight is 364 g/mol. The summed E-state index contributed by atoms with van der Waals surface area (Å²) in [7, 11) is 1.57. The second-order valence-corrected chi connectivity index (χ2v) is 7.53. The highest BCUT2D eigenvalue weighted by Gasteiger charge is 2.54. The van der Waals surface area contributed by atoms with Gasteiger partial charge < -0.3 is 10.1 Å². The molecule has 1 unspecified atom stereocenters. The van der Waals surface area contributed by atoms with Crippen molar-refractivity contribution in [3.8, 4) is 0 Å². The standard InChI is InChI=1S/C22H24N2O3/c1-13(14-6-4-3-5-7-14)19-8-15(9-20(24-19)22(26)23-2)21(25)10-16-17-11-27-12-18(16)17/h3-9,13,16-18H,10-12H2,1-2H3,(H,23,26)/t13-,16?,17-,18+/m0/s1. The monoisotopic (exact) mass is 364 g/mol. The predicted molar refractivity (Wildman–Crippen MR) is 102 cm³/mol. The Morgan fingerprint density at radius 2 is 1.89 bits per heavy atom. The summed E-state index contributed by atoms with van der Waals surface area (Å²) in [5.74, 6) is 1.31. The minimum Gasteiger partial charge on any atom is -0.381 e. The lowest BCUT2D eigenvalue weighted by Gasteiger charge is -2.14. The number of fused-ring (bicyclic) bond motifs is 1. The molecule has 2 aliphatic rings. The van der Waals surface area contributed by atoms with Gasteiger partial charge in [-0.05, 0) is 35.4 Å². The molecule has 1 amide bonds. The minimum absolute atomic E-state index is 0.00365. The maximum Gasteiger partial charge on any atom is 0.269 e. The first-order valence-electron chi connectivity index (χ1n) is 9.48. The molecule has 2 aromatic rings. The second kappa shape index (κ2) is 7.24. The Balaban J connectivity index is 1.62. The lowest BCUT2D eigenvalue weighted by molar-refractivity contribution is 0.0950. The molecule has 1 aliphatic heterocycles. The number of hydrogen-bond acceptors (Lipinski definition) is 4. The van der Waals surface area contributed by atoms with Crippen LogP contribution in [-0.4, -0.2) is 36.9 Å². The van der Waals surface area contributed by atoms with Gasteiger partial charge in [0.05, 0.1) is 13.2 Å².